The zero-order valence-corrected chi connectivity index (χ0v) is 17.6. The lowest BCUT2D eigenvalue weighted by Crippen LogP contribution is -3.15. The van der Waals surface area contributed by atoms with Gasteiger partial charge in [0.1, 0.15) is 6.54 Å². The van der Waals surface area contributed by atoms with Crippen LogP contribution >= 0.6 is 0 Å². The number of Topliss-reactive ketones (excluding diaryl/α,β-unsaturated/α-hetero) is 1. The van der Waals surface area contributed by atoms with Gasteiger partial charge in [0.05, 0.1) is 36.6 Å². The first-order valence-corrected chi connectivity index (χ1v) is 11.3. The molecule has 0 unspecified atom stereocenters. The Hall–Kier alpha value is -2.48. The predicted molar refractivity (Wildman–Crippen MR) is 113 cm³/mol. The lowest BCUT2D eigenvalue weighted by Gasteiger charge is -2.31. The first-order valence-electron chi connectivity index (χ1n) is 9.87. The minimum absolute atomic E-state index is 0.102. The minimum Gasteiger partial charge on any atom is -0.358 e. The number of benzene rings is 2. The number of fused-ring (bicyclic) bond motifs is 1. The van der Waals surface area contributed by atoms with E-state index >= 15 is 0 Å². The van der Waals surface area contributed by atoms with Crippen LogP contribution in [-0.4, -0.2) is 56.2 Å². The number of H-pyrrole nitrogens is 1. The number of carbonyl (C=O) groups excluding carboxylic acids is 1. The molecule has 3 aromatic rings. The number of hydrogen-bond donors (Lipinski definition) is 2. The summed E-state index contributed by atoms with van der Waals surface area (Å²) in [5.74, 6) is 0.102. The Kier molecular flexibility index (Phi) is 5.29. The average Bonchev–Trinajstić information content (AvgIpc) is 3.04. The maximum atomic E-state index is 13.0. The Balaban J connectivity index is 1.43. The molecule has 0 aliphatic carbocycles. The molecule has 2 N–H and O–H groups in total. The van der Waals surface area contributed by atoms with Crippen molar-refractivity contribution < 1.29 is 18.1 Å². The first kappa shape index (κ1) is 19.8. The Morgan fingerprint density at radius 1 is 1.03 bits per heavy atom. The normalized spacial score (nSPS) is 16.3. The molecule has 0 atom stereocenters. The van der Waals surface area contributed by atoms with Crippen LogP contribution in [0.2, 0.25) is 0 Å². The van der Waals surface area contributed by atoms with E-state index in [1.165, 1.54) is 4.31 Å². The van der Waals surface area contributed by atoms with Crippen molar-refractivity contribution in [3.8, 4) is 0 Å². The molecular weight excluding hydrogens is 386 g/mol. The molecule has 1 aromatic heterocycles. The molecule has 7 heteroatoms. The molecule has 29 heavy (non-hydrogen) atoms. The topological polar surface area (TPSA) is 74.7 Å². The van der Waals surface area contributed by atoms with E-state index in [0.717, 1.165) is 32.6 Å². The number of aryl methyl sites for hydroxylation is 2. The number of ketones is 1. The largest absolute Gasteiger partial charge is 0.358 e. The van der Waals surface area contributed by atoms with Crippen LogP contribution < -0.4 is 4.90 Å². The molecule has 1 aliphatic heterocycles. The van der Waals surface area contributed by atoms with E-state index in [1.54, 1.807) is 12.1 Å². The summed E-state index contributed by atoms with van der Waals surface area (Å²) in [5.41, 5.74) is 3.64. The Morgan fingerprint density at radius 2 is 1.69 bits per heavy atom. The summed E-state index contributed by atoms with van der Waals surface area (Å²) in [6, 6.07) is 14.8. The van der Waals surface area contributed by atoms with Crippen molar-refractivity contribution in [3.63, 3.8) is 0 Å². The van der Waals surface area contributed by atoms with Crippen LogP contribution in [0, 0.1) is 13.8 Å². The van der Waals surface area contributed by atoms with Crippen molar-refractivity contribution >= 4 is 26.7 Å². The van der Waals surface area contributed by atoms with Gasteiger partial charge in [-0.2, -0.15) is 4.31 Å². The van der Waals surface area contributed by atoms with Gasteiger partial charge in [-0.25, -0.2) is 8.42 Å². The van der Waals surface area contributed by atoms with Gasteiger partial charge in [0.25, 0.3) is 0 Å². The van der Waals surface area contributed by atoms with Gasteiger partial charge in [-0.3, -0.25) is 4.79 Å². The fraction of sp³-hybridized carbons (Fsp3) is 0.318. The highest BCUT2D eigenvalue weighted by atomic mass is 32.2. The lowest BCUT2D eigenvalue weighted by molar-refractivity contribution is -0.895. The highest BCUT2D eigenvalue weighted by Gasteiger charge is 2.31. The summed E-state index contributed by atoms with van der Waals surface area (Å²) in [7, 11) is -3.48. The average molecular weight is 413 g/mol. The number of rotatable bonds is 5. The molecule has 0 saturated carbocycles. The smallest absolute Gasteiger partial charge is 0.243 e. The molecule has 152 valence electrons. The number of piperazine rings is 1. The third-order valence-corrected chi connectivity index (χ3v) is 7.58. The van der Waals surface area contributed by atoms with Crippen LogP contribution in [0.25, 0.3) is 10.9 Å². The van der Waals surface area contributed by atoms with Crippen molar-refractivity contribution in [1.29, 1.82) is 0 Å². The summed E-state index contributed by atoms with van der Waals surface area (Å²) in [4.78, 5) is 17.7. The fourth-order valence-electron chi connectivity index (χ4n) is 4.03. The number of sulfonamides is 1. The molecular formula is C22H26N3O3S+. The second kappa shape index (κ2) is 7.74. The number of hydrogen-bond acceptors (Lipinski definition) is 3. The third-order valence-electron chi connectivity index (χ3n) is 5.67. The Bertz CT molecular complexity index is 1140. The van der Waals surface area contributed by atoms with E-state index in [1.807, 2.05) is 50.2 Å². The Labute approximate surface area is 171 Å². The second-order valence-corrected chi connectivity index (χ2v) is 9.68. The number of carbonyl (C=O) groups is 1. The van der Waals surface area contributed by atoms with Crippen molar-refractivity contribution in [2.24, 2.45) is 0 Å². The van der Waals surface area contributed by atoms with Crippen LogP contribution in [0.5, 0.6) is 0 Å². The fourth-order valence-corrected chi connectivity index (χ4v) is 5.47. The number of aromatic amines is 1. The van der Waals surface area contributed by atoms with Crippen LogP contribution in [0.3, 0.4) is 0 Å². The molecule has 1 aliphatic rings. The zero-order chi connectivity index (χ0) is 20.6. The van der Waals surface area contributed by atoms with Crippen molar-refractivity contribution in [3.05, 3.63) is 65.4 Å². The van der Waals surface area contributed by atoms with E-state index in [2.05, 4.69) is 4.98 Å². The lowest BCUT2D eigenvalue weighted by atomic mass is 10.1. The van der Waals surface area contributed by atoms with E-state index < -0.39 is 10.0 Å². The van der Waals surface area contributed by atoms with E-state index in [0.29, 0.717) is 37.6 Å². The van der Waals surface area contributed by atoms with Gasteiger partial charge < -0.3 is 9.88 Å². The van der Waals surface area contributed by atoms with Crippen molar-refractivity contribution in [2.75, 3.05) is 32.7 Å². The minimum atomic E-state index is -3.48. The van der Waals surface area contributed by atoms with E-state index in [4.69, 9.17) is 0 Å². The number of nitrogens with one attached hydrogen (secondary N) is 2. The molecule has 0 amide bonds. The van der Waals surface area contributed by atoms with Crippen LogP contribution in [0.15, 0.2) is 53.4 Å². The van der Waals surface area contributed by atoms with E-state index in [9.17, 15) is 13.2 Å². The maximum Gasteiger partial charge on any atom is 0.243 e. The molecule has 2 heterocycles. The summed E-state index contributed by atoms with van der Waals surface area (Å²) in [5, 5.41) is 0.954. The zero-order valence-electron chi connectivity index (χ0n) is 16.7. The summed E-state index contributed by atoms with van der Waals surface area (Å²) in [6.45, 7) is 6.33. The van der Waals surface area contributed by atoms with Crippen LogP contribution in [-0.2, 0) is 10.0 Å². The van der Waals surface area contributed by atoms with Gasteiger partial charge in [0.2, 0.25) is 15.8 Å². The number of para-hydroxylation sites is 1. The SMILES string of the molecule is Cc1ccc(S(=O)(=O)N2CC[NH+](CC(=O)c3c(C)[nH]c4ccccc34)CC2)cc1. The molecule has 0 radical (unpaired) electrons. The van der Waals surface area contributed by atoms with Crippen molar-refractivity contribution in [1.82, 2.24) is 9.29 Å². The quantitative estimate of drug-likeness (QED) is 0.625. The molecule has 2 aromatic carbocycles. The highest BCUT2D eigenvalue weighted by Crippen LogP contribution is 2.22. The van der Waals surface area contributed by atoms with Crippen LogP contribution in [0.1, 0.15) is 21.6 Å². The third kappa shape index (κ3) is 3.85. The van der Waals surface area contributed by atoms with Crippen LogP contribution in [0.4, 0.5) is 0 Å². The van der Waals surface area contributed by atoms with Gasteiger partial charge in [0.15, 0.2) is 0 Å². The first-order chi connectivity index (χ1) is 13.9. The monoisotopic (exact) mass is 412 g/mol. The predicted octanol–water partition coefficient (Wildman–Crippen LogP) is 1.56. The summed E-state index contributed by atoms with van der Waals surface area (Å²) in [6.07, 6.45) is 0. The van der Waals surface area contributed by atoms with E-state index in [-0.39, 0.29) is 5.78 Å². The van der Waals surface area contributed by atoms with Crippen molar-refractivity contribution in [2.45, 2.75) is 18.7 Å². The second-order valence-electron chi connectivity index (χ2n) is 7.74. The van der Waals surface area contributed by atoms with Gasteiger partial charge >= 0.3 is 0 Å². The van der Waals surface area contributed by atoms with Gasteiger partial charge in [0, 0.05) is 16.6 Å². The molecule has 4 rings (SSSR count). The number of nitrogens with zero attached hydrogens (tertiary/aromatic N) is 1. The molecule has 1 fully saturated rings. The Morgan fingerprint density at radius 3 is 2.38 bits per heavy atom. The maximum absolute atomic E-state index is 13.0. The molecule has 6 nitrogen and oxygen atoms in total. The number of quaternary nitrogens is 1. The van der Waals surface area contributed by atoms with Gasteiger partial charge in [-0.15, -0.1) is 0 Å². The van der Waals surface area contributed by atoms with Gasteiger partial charge in [-0.1, -0.05) is 35.9 Å². The molecule has 0 spiro atoms. The number of aromatic nitrogens is 1. The molecule has 0 bridgehead atoms. The van der Waals surface area contributed by atoms with Gasteiger partial charge in [-0.05, 0) is 32.0 Å². The highest BCUT2D eigenvalue weighted by molar-refractivity contribution is 7.89. The summed E-state index contributed by atoms with van der Waals surface area (Å²) >= 11 is 0. The molecule has 1 saturated heterocycles. The standard InChI is InChI=1S/C22H25N3O3S/c1-16-7-9-18(10-8-16)29(27,28)25-13-11-24(12-14-25)15-21(26)22-17(2)23-20-6-4-3-5-19(20)22/h3-10,23H,11-15H2,1-2H3/p+1. The summed E-state index contributed by atoms with van der Waals surface area (Å²) < 4.78 is 27.2.